The van der Waals surface area contributed by atoms with Gasteiger partial charge in [-0.2, -0.15) is 0 Å². The van der Waals surface area contributed by atoms with Crippen molar-refractivity contribution in [3.63, 3.8) is 0 Å². The molecule has 12 aromatic rings. The highest BCUT2D eigenvalue weighted by Gasteiger charge is 2.18. The zero-order valence-electron chi connectivity index (χ0n) is 32.2. The lowest BCUT2D eigenvalue weighted by Gasteiger charge is -2.26. The molecule has 0 amide bonds. The summed E-state index contributed by atoms with van der Waals surface area (Å²) in [4.78, 5) is 7.07. The monoisotopic (exact) mass is 770 g/mol. The minimum Gasteiger partial charge on any atom is -0.456 e. The number of furan rings is 2. The molecule has 9 aromatic carbocycles. The molecule has 0 aliphatic carbocycles. The van der Waals surface area contributed by atoms with Gasteiger partial charge < -0.3 is 18.2 Å². The molecule has 0 unspecified atom stereocenters. The molecule has 60 heavy (non-hydrogen) atoms. The first-order valence-electron chi connectivity index (χ1n) is 20.1. The van der Waals surface area contributed by atoms with Gasteiger partial charge in [-0.3, -0.25) is 0 Å². The molecular weight excluding hydrogens is 737 g/mol. The third-order valence-electron chi connectivity index (χ3n) is 11.5. The van der Waals surface area contributed by atoms with Gasteiger partial charge in [-0.15, -0.1) is 0 Å². The van der Waals surface area contributed by atoms with E-state index in [1.165, 1.54) is 11.1 Å². The lowest BCUT2D eigenvalue weighted by Crippen LogP contribution is -2.10. The van der Waals surface area contributed by atoms with E-state index in [-0.39, 0.29) is 0 Å². The van der Waals surface area contributed by atoms with Crippen molar-refractivity contribution < 1.29 is 13.3 Å². The zero-order chi connectivity index (χ0) is 39.6. The van der Waals surface area contributed by atoms with Crippen LogP contribution in [0.5, 0.6) is 0 Å². The van der Waals surface area contributed by atoms with Crippen LogP contribution in [0.25, 0.3) is 99.8 Å². The van der Waals surface area contributed by atoms with Crippen LogP contribution in [-0.4, -0.2) is 4.98 Å². The Kier molecular flexibility index (Phi) is 7.78. The van der Waals surface area contributed by atoms with Crippen molar-refractivity contribution >= 4 is 72.0 Å². The van der Waals surface area contributed by atoms with Gasteiger partial charge in [-0.1, -0.05) is 127 Å². The highest BCUT2D eigenvalue weighted by Crippen LogP contribution is 2.42. The Morgan fingerprint density at radius 2 is 0.917 bits per heavy atom. The van der Waals surface area contributed by atoms with Crippen LogP contribution in [0.3, 0.4) is 0 Å². The van der Waals surface area contributed by atoms with E-state index in [9.17, 15) is 0 Å². The Bertz CT molecular complexity index is 3530. The van der Waals surface area contributed by atoms with Gasteiger partial charge in [0.1, 0.15) is 27.8 Å². The molecule has 0 radical (unpaired) electrons. The standard InChI is InChI=1S/C55H34N2O3/c1-3-11-35(12-4-1)36-21-26-41(27-22-36)57(43-16-9-15-40(31-43)44-18-10-19-47-45-17-7-8-20-50(45)59-54(44)47)42-28-23-37(24-29-42)39-25-30-46-48-33-53-49(34-52(48)58-51(46)32-39)56-55(60-53)38-13-5-2-6-14-38/h1-34H. The summed E-state index contributed by atoms with van der Waals surface area (Å²) in [6.45, 7) is 0. The summed E-state index contributed by atoms with van der Waals surface area (Å²) < 4.78 is 19.1. The highest BCUT2D eigenvalue weighted by atomic mass is 16.4. The van der Waals surface area contributed by atoms with Crippen molar-refractivity contribution in [1.29, 1.82) is 0 Å². The fourth-order valence-corrected chi connectivity index (χ4v) is 8.55. The number of fused-ring (bicyclic) bond motifs is 7. The first-order chi connectivity index (χ1) is 29.7. The van der Waals surface area contributed by atoms with E-state index in [1.807, 2.05) is 60.7 Å². The molecule has 3 aromatic heterocycles. The number of rotatable bonds is 7. The van der Waals surface area contributed by atoms with E-state index in [4.69, 9.17) is 18.2 Å². The van der Waals surface area contributed by atoms with Gasteiger partial charge in [0.2, 0.25) is 5.89 Å². The Hall–Kier alpha value is -8.15. The number of aromatic nitrogens is 1. The van der Waals surface area contributed by atoms with E-state index < -0.39 is 0 Å². The Balaban J connectivity index is 0.917. The summed E-state index contributed by atoms with van der Waals surface area (Å²) in [5.41, 5.74) is 15.6. The minimum atomic E-state index is 0.601. The van der Waals surface area contributed by atoms with Gasteiger partial charge >= 0.3 is 0 Å². The first-order valence-corrected chi connectivity index (χ1v) is 20.1. The normalized spacial score (nSPS) is 11.7. The van der Waals surface area contributed by atoms with Crippen LogP contribution in [0, 0.1) is 0 Å². The van der Waals surface area contributed by atoms with E-state index in [0.29, 0.717) is 5.89 Å². The fourth-order valence-electron chi connectivity index (χ4n) is 8.55. The Morgan fingerprint density at radius 1 is 0.317 bits per heavy atom. The maximum absolute atomic E-state index is 6.47. The maximum atomic E-state index is 6.47. The summed E-state index contributed by atoms with van der Waals surface area (Å²) in [6.07, 6.45) is 0. The first kappa shape index (κ1) is 33.9. The van der Waals surface area contributed by atoms with Crippen molar-refractivity contribution in [3.05, 3.63) is 206 Å². The van der Waals surface area contributed by atoms with Crippen LogP contribution < -0.4 is 4.90 Å². The van der Waals surface area contributed by atoms with Crippen LogP contribution in [0.1, 0.15) is 0 Å². The van der Waals surface area contributed by atoms with Crippen LogP contribution in [0.4, 0.5) is 17.1 Å². The number of oxazole rings is 1. The minimum absolute atomic E-state index is 0.601. The van der Waals surface area contributed by atoms with Crippen molar-refractivity contribution in [2.24, 2.45) is 0 Å². The molecule has 0 aliphatic rings. The molecule has 0 atom stereocenters. The lowest BCUT2D eigenvalue weighted by molar-refractivity contribution is 0.620. The molecule has 5 heteroatoms. The maximum Gasteiger partial charge on any atom is 0.227 e. The Morgan fingerprint density at radius 3 is 1.70 bits per heavy atom. The average Bonchev–Trinajstić information content (AvgIpc) is 4.02. The molecule has 0 saturated heterocycles. The summed E-state index contributed by atoms with van der Waals surface area (Å²) in [5.74, 6) is 0.601. The molecule has 12 rings (SSSR count). The highest BCUT2D eigenvalue weighted by molar-refractivity contribution is 6.11. The smallest absolute Gasteiger partial charge is 0.227 e. The molecule has 282 valence electrons. The number of para-hydroxylation sites is 2. The topological polar surface area (TPSA) is 55.6 Å². The third kappa shape index (κ3) is 5.75. The van der Waals surface area contributed by atoms with E-state index in [0.717, 1.165) is 99.9 Å². The molecule has 0 N–H and O–H groups in total. The van der Waals surface area contributed by atoms with Gasteiger partial charge in [0.15, 0.2) is 5.58 Å². The number of hydrogen-bond acceptors (Lipinski definition) is 5. The zero-order valence-corrected chi connectivity index (χ0v) is 32.2. The van der Waals surface area contributed by atoms with Crippen molar-refractivity contribution in [2.75, 3.05) is 4.90 Å². The van der Waals surface area contributed by atoms with Gasteiger partial charge in [0.25, 0.3) is 0 Å². The second-order valence-electron chi connectivity index (χ2n) is 15.1. The van der Waals surface area contributed by atoms with E-state index in [2.05, 4.69) is 150 Å². The number of anilines is 3. The Labute approximate surface area is 345 Å². The number of hydrogen-bond donors (Lipinski definition) is 0. The molecule has 0 spiro atoms. The molecule has 0 bridgehead atoms. The number of benzene rings is 9. The lowest BCUT2D eigenvalue weighted by atomic mass is 10.0. The van der Waals surface area contributed by atoms with E-state index >= 15 is 0 Å². The molecular formula is C55H34N2O3. The molecule has 0 aliphatic heterocycles. The average molecular weight is 771 g/mol. The second-order valence-corrected chi connectivity index (χ2v) is 15.1. The van der Waals surface area contributed by atoms with Crippen molar-refractivity contribution in [3.8, 4) is 44.8 Å². The largest absolute Gasteiger partial charge is 0.456 e. The van der Waals surface area contributed by atoms with Crippen LogP contribution in [0.2, 0.25) is 0 Å². The van der Waals surface area contributed by atoms with Gasteiger partial charge in [-0.05, 0) is 101 Å². The molecule has 3 heterocycles. The summed E-state index contributed by atoms with van der Waals surface area (Å²) >= 11 is 0. The second kappa shape index (κ2) is 13.8. The molecule has 5 nitrogen and oxygen atoms in total. The van der Waals surface area contributed by atoms with Gasteiger partial charge in [0.05, 0.1) is 0 Å². The quantitative estimate of drug-likeness (QED) is 0.162. The van der Waals surface area contributed by atoms with Gasteiger partial charge in [0, 0.05) is 55.8 Å². The predicted octanol–water partition coefficient (Wildman–Crippen LogP) is 15.8. The van der Waals surface area contributed by atoms with Crippen molar-refractivity contribution in [2.45, 2.75) is 0 Å². The number of nitrogens with zero attached hydrogens (tertiary/aromatic N) is 2. The third-order valence-corrected chi connectivity index (χ3v) is 11.5. The molecule has 0 saturated carbocycles. The summed E-state index contributed by atoms with van der Waals surface area (Å²) in [7, 11) is 0. The van der Waals surface area contributed by atoms with Gasteiger partial charge in [-0.25, -0.2) is 4.98 Å². The fraction of sp³-hybridized carbons (Fsp3) is 0. The van der Waals surface area contributed by atoms with Crippen LogP contribution >= 0.6 is 0 Å². The van der Waals surface area contributed by atoms with Crippen LogP contribution in [0.15, 0.2) is 220 Å². The van der Waals surface area contributed by atoms with Crippen molar-refractivity contribution in [1.82, 2.24) is 4.98 Å². The predicted molar refractivity (Wildman–Crippen MR) is 245 cm³/mol. The summed E-state index contributed by atoms with van der Waals surface area (Å²) in [6, 6.07) is 71.8. The SMILES string of the molecule is c1ccc(-c2ccc(N(c3ccc(-c4ccc5c(c4)oc4cc6nc(-c7ccccc7)oc6cc45)cc3)c3cccc(-c4cccc5c4oc4ccccc45)c3)cc2)cc1. The summed E-state index contributed by atoms with van der Waals surface area (Å²) in [5, 5.41) is 4.27. The van der Waals surface area contributed by atoms with E-state index in [1.54, 1.807) is 0 Å². The van der Waals surface area contributed by atoms with Crippen LogP contribution in [-0.2, 0) is 0 Å². The molecule has 0 fully saturated rings.